The predicted molar refractivity (Wildman–Crippen MR) is 83.1 cm³/mol. The molecule has 0 fully saturated rings. The van der Waals surface area contributed by atoms with Gasteiger partial charge in [-0.2, -0.15) is 0 Å². The minimum Gasteiger partial charge on any atom is -0.312 e. The van der Waals surface area contributed by atoms with Crippen molar-refractivity contribution in [3.8, 4) is 0 Å². The zero-order valence-corrected chi connectivity index (χ0v) is 12.5. The maximum absolute atomic E-state index is 6.33. The van der Waals surface area contributed by atoms with Gasteiger partial charge in [0.05, 0.1) is 10.0 Å². The van der Waals surface area contributed by atoms with Crippen LogP contribution in [0, 0.1) is 0 Å². The highest BCUT2D eigenvalue weighted by atomic mass is 35.5. The molecule has 100 valence electrons. The summed E-state index contributed by atoms with van der Waals surface area (Å²) in [6.07, 6.45) is 0. The zero-order valence-electron chi connectivity index (χ0n) is 11.0. The van der Waals surface area contributed by atoms with E-state index in [0.717, 1.165) is 5.56 Å². The fourth-order valence-corrected chi connectivity index (χ4v) is 2.81. The molecule has 0 radical (unpaired) electrons. The number of hydrogen-bond acceptors (Lipinski definition) is 1. The lowest BCUT2D eigenvalue weighted by molar-refractivity contribution is 0.508. The average molecular weight is 294 g/mol. The van der Waals surface area contributed by atoms with Gasteiger partial charge < -0.3 is 5.32 Å². The molecule has 0 spiro atoms. The Morgan fingerprint density at radius 1 is 0.947 bits per heavy atom. The van der Waals surface area contributed by atoms with E-state index in [1.807, 2.05) is 31.3 Å². The van der Waals surface area contributed by atoms with Gasteiger partial charge in [-0.15, -0.1) is 0 Å². The minimum absolute atomic E-state index is 0.133. The highest BCUT2D eigenvalue weighted by Gasteiger charge is 2.22. The van der Waals surface area contributed by atoms with Crippen molar-refractivity contribution < 1.29 is 0 Å². The fourth-order valence-electron chi connectivity index (χ4n) is 2.38. The van der Waals surface area contributed by atoms with Crippen LogP contribution in [0.25, 0.3) is 0 Å². The first-order valence-corrected chi connectivity index (χ1v) is 7.07. The summed E-state index contributed by atoms with van der Waals surface area (Å²) in [6, 6.07) is 16.3. The lowest BCUT2D eigenvalue weighted by Gasteiger charge is -2.25. The van der Waals surface area contributed by atoms with Gasteiger partial charge in [0.1, 0.15) is 0 Å². The van der Waals surface area contributed by atoms with Gasteiger partial charge in [0.25, 0.3) is 0 Å². The van der Waals surface area contributed by atoms with Crippen molar-refractivity contribution in [2.45, 2.75) is 18.9 Å². The molecule has 3 heteroatoms. The van der Waals surface area contributed by atoms with E-state index in [2.05, 4.69) is 36.5 Å². The number of likely N-dealkylation sites (N-methyl/N-ethyl adjacent to an activating group) is 1. The van der Waals surface area contributed by atoms with Crippen molar-refractivity contribution >= 4 is 23.2 Å². The van der Waals surface area contributed by atoms with E-state index in [1.165, 1.54) is 5.56 Å². The highest BCUT2D eigenvalue weighted by molar-refractivity contribution is 6.42. The summed E-state index contributed by atoms with van der Waals surface area (Å²) < 4.78 is 0. The van der Waals surface area contributed by atoms with Crippen LogP contribution in [0.15, 0.2) is 48.5 Å². The first-order valence-electron chi connectivity index (χ1n) is 6.31. The van der Waals surface area contributed by atoms with Crippen LogP contribution in [0.2, 0.25) is 10.0 Å². The number of benzene rings is 2. The molecule has 2 aromatic carbocycles. The second-order valence-electron chi connectivity index (χ2n) is 4.61. The molecule has 0 bridgehead atoms. The SMILES string of the molecule is CNC(c1cccc(Cl)c1Cl)C(C)c1ccccc1. The van der Waals surface area contributed by atoms with E-state index in [0.29, 0.717) is 16.0 Å². The molecule has 19 heavy (non-hydrogen) atoms. The minimum atomic E-state index is 0.133. The van der Waals surface area contributed by atoms with Gasteiger partial charge in [0.2, 0.25) is 0 Å². The number of hydrogen-bond donors (Lipinski definition) is 1. The summed E-state index contributed by atoms with van der Waals surface area (Å²) in [6.45, 7) is 2.19. The van der Waals surface area contributed by atoms with Crippen LogP contribution in [-0.2, 0) is 0 Å². The van der Waals surface area contributed by atoms with E-state index in [4.69, 9.17) is 23.2 Å². The maximum atomic E-state index is 6.33. The molecular weight excluding hydrogens is 277 g/mol. The van der Waals surface area contributed by atoms with E-state index in [9.17, 15) is 0 Å². The second-order valence-corrected chi connectivity index (χ2v) is 5.39. The lowest BCUT2D eigenvalue weighted by Crippen LogP contribution is -2.22. The van der Waals surface area contributed by atoms with Gasteiger partial charge in [-0.25, -0.2) is 0 Å². The molecule has 0 saturated carbocycles. The molecule has 2 atom stereocenters. The third-order valence-corrected chi connectivity index (χ3v) is 4.29. The Kier molecular flexibility index (Phi) is 4.87. The van der Waals surface area contributed by atoms with Gasteiger partial charge in [-0.3, -0.25) is 0 Å². The molecule has 0 aliphatic rings. The predicted octanol–water partition coefficient (Wildman–Crippen LogP) is 5.06. The summed E-state index contributed by atoms with van der Waals surface area (Å²) in [5.41, 5.74) is 2.31. The molecule has 0 aliphatic carbocycles. The van der Waals surface area contributed by atoms with Crippen molar-refractivity contribution in [2.75, 3.05) is 7.05 Å². The molecule has 0 heterocycles. The Hall–Kier alpha value is -1.02. The molecule has 2 aromatic rings. The maximum Gasteiger partial charge on any atom is 0.0640 e. The Balaban J connectivity index is 2.37. The lowest BCUT2D eigenvalue weighted by atomic mass is 9.88. The molecule has 0 aromatic heterocycles. The summed E-state index contributed by atoms with van der Waals surface area (Å²) in [4.78, 5) is 0. The third kappa shape index (κ3) is 3.11. The number of rotatable bonds is 4. The summed E-state index contributed by atoms with van der Waals surface area (Å²) >= 11 is 12.4. The smallest absolute Gasteiger partial charge is 0.0640 e. The van der Waals surface area contributed by atoms with E-state index < -0.39 is 0 Å². The van der Waals surface area contributed by atoms with Crippen molar-refractivity contribution in [2.24, 2.45) is 0 Å². The third-order valence-electron chi connectivity index (χ3n) is 3.45. The molecule has 2 unspecified atom stereocenters. The average Bonchev–Trinajstić information content (AvgIpc) is 2.45. The standard InChI is InChI=1S/C16H17Cl2N/c1-11(12-7-4-3-5-8-12)16(19-2)13-9-6-10-14(17)15(13)18/h3-11,16,19H,1-2H3. The van der Waals surface area contributed by atoms with Crippen LogP contribution in [0.5, 0.6) is 0 Å². The second kappa shape index (κ2) is 6.42. The van der Waals surface area contributed by atoms with Crippen molar-refractivity contribution in [3.05, 3.63) is 69.7 Å². The monoisotopic (exact) mass is 293 g/mol. The van der Waals surface area contributed by atoms with Crippen LogP contribution in [0.3, 0.4) is 0 Å². The topological polar surface area (TPSA) is 12.0 Å². The van der Waals surface area contributed by atoms with E-state index in [-0.39, 0.29) is 6.04 Å². The Labute approximate surface area is 124 Å². The zero-order chi connectivity index (χ0) is 13.8. The van der Waals surface area contributed by atoms with Crippen LogP contribution < -0.4 is 5.32 Å². The largest absolute Gasteiger partial charge is 0.312 e. The first kappa shape index (κ1) is 14.4. The fraction of sp³-hybridized carbons (Fsp3) is 0.250. The van der Waals surface area contributed by atoms with E-state index >= 15 is 0 Å². The van der Waals surface area contributed by atoms with Gasteiger partial charge in [0.15, 0.2) is 0 Å². The molecule has 0 amide bonds. The van der Waals surface area contributed by atoms with Crippen LogP contribution in [0.4, 0.5) is 0 Å². The molecular formula is C16H17Cl2N. The summed E-state index contributed by atoms with van der Waals surface area (Å²) in [5.74, 6) is 0.308. The quantitative estimate of drug-likeness (QED) is 0.831. The van der Waals surface area contributed by atoms with Crippen molar-refractivity contribution in [1.82, 2.24) is 5.32 Å². The van der Waals surface area contributed by atoms with Crippen molar-refractivity contribution in [3.63, 3.8) is 0 Å². The Morgan fingerprint density at radius 3 is 2.26 bits per heavy atom. The number of halogens is 2. The number of nitrogens with one attached hydrogen (secondary N) is 1. The van der Waals surface area contributed by atoms with Gasteiger partial charge in [0, 0.05) is 12.0 Å². The molecule has 1 N–H and O–H groups in total. The van der Waals surface area contributed by atoms with Gasteiger partial charge in [-0.05, 0) is 24.2 Å². The molecule has 1 nitrogen and oxygen atoms in total. The highest BCUT2D eigenvalue weighted by Crippen LogP contribution is 2.36. The van der Waals surface area contributed by atoms with Gasteiger partial charge >= 0.3 is 0 Å². The molecule has 0 aliphatic heterocycles. The first-order chi connectivity index (χ1) is 9.15. The van der Waals surface area contributed by atoms with Crippen molar-refractivity contribution in [1.29, 1.82) is 0 Å². The summed E-state index contributed by atoms with van der Waals surface area (Å²) in [5, 5.41) is 4.57. The normalized spacial score (nSPS) is 14.1. The Morgan fingerprint density at radius 2 is 1.63 bits per heavy atom. The van der Waals surface area contributed by atoms with Gasteiger partial charge in [-0.1, -0.05) is 72.6 Å². The van der Waals surface area contributed by atoms with Crippen LogP contribution in [0.1, 0.15) is 30.0 Å². The summed E-state index contributed by atoms with van der Waals surface area (Å²) in [7, 11) is 1.95. The molecule has 0 saturated heterocycles. The van der Waals surface area contributed by atoms with E-state index in [1.54, 1.807) is 0 Å². The Bertz CT molecular complexity index is 540. The van der Waals surface area contributed by atoms with Crippen LogP contribution in [-0.4, -0.2) is 7.05 Å². The molecule has 2 rings (SSSR count). The van der Waals surface area contributed by atoms with Crippen LogP contribution >= 0.6 is 23.2 Å².